The van der Waals surface area contributed by atoms with Crippen molar-refractivity contribution in [2.24, 2.45) is 0 Å². The minimum Gasteiger partial charge on any atom is -0.324 e. The lowest BCUT2D eigenvalue weighted by Crippen LogP contribution is -2.15. The van der Waals surface area contributed by atoms with Crippen LogP contribution in [0.25, 0.3) is 5.78 Å². The number of nitrogens with one attached hydrogen (secondary N) is 1. The van der Waals surface area contributed by atoms with E-state index in [0.717, 1.165) is 23.0 Å². The van der Waals surface area contributed by atoms with Gasteiger partial charge in [-0.3, -0.25) is 4.79 Å². The summed E-state index contributed by atoms with van der Waals surface area (Å²) in [4.78, 5) is 21.0. The molecular weight excluding hydrogens is 377 g/mol. The highest BCUT2D eigenvalue weighted by Gasteiger charge is 2.15. The molecule has 0 atom stereocenters. The lowest BCUT2D eigenvalue weighted by Gasteiger charge is -2.11. The number of amides is 1. The Morgan fingerprint density at radius 3 is 2.81 bits per heavy atom. The van der Waals surface area contributed by atoms with Crippen molar-refractivity contribution in [3.05, 3.63) is 46.0 Å². The van der Waals surface area contributed by atoms with Gasteiger partial charge in [-0.05, 0) is 50.3 Å². The molecule has 0 aliphatic heterocycles. The van der Waals surface area contributed by atoms with Crippen LogP contribution in [0.15, 0.2) is 23.4 Å². The molecule has 1 amide bonds. The van der Waals surface area contributed by atoms with Crippen LogP contribution < -0.4 is 5.32 Å². The van der Waals surface area contributed by atoms with Crippen LogP contribution in [0.3, 0.4) is 0 Å². The maximum Gasteiger partial charge on any atom is 0.253 e. The number of hydrogen-bond acceptors (Lipinski definition) is 5. The third kappa shape index (κ3) is 3.81. The lowest BCUT2D eigenvalue weighted by molar-refractivity contribution is -0.116. The SMILES string of the molecule is CSc1nc2nc(C)c(CCC(=O)Nc3ccc(Cl)cc3F)c(C)n2n1. The Morgan fingerprint density at radius 1 is 1.35 bits per heavy atom. The Hall–Kier alpha value is -2.19. The van der Waals surface area contributed by atoms with E-state index in [-0.39, 0.29) is 23.0 Å². The van der Waals surface area contributed by atoms with Crippen molar-refractivity contribution in [1.82, 2.24) is 19.6 Å². The van der Waals surface area contributed by atoms with Crippen molar-refractivity contribution < 1.29 is 9.18 Å². The summed E-state index contributed by atoms with van der Waals surface area (Å²) in [7, 11) is 0. The first-order valence-electron chi connectivity index (χ1n) is 7.90. The molecule has 0 saturated heterocycles. The second kappa shape index (κ2) is 7.59. The van der Waals surface area contributed by atoms with Gasteiger partial charge in [0.15, 0.2) is 0 Å². The predicted molar refractivity (Wildman–Crippen MR) is 100 cm³/mol. The largest absolute Gasteiger partial charge is 0.324 e. The first kappa shape index (κ1) is 18.6. The summed E-state index contributed by atoms with van der Waals surface area (Å²) >= 11 is 7.16. The number of rotatable bonds is 5. The zero-order valence-electron chi connectivity index (χ0n) is 14.5. The predicted octanol–water partition coefficient (Wildman–Crippen LogP) is 3.83. The van der Waals surface area contributed by atoms with E-state index >= 15 is 0 Å². The van der Waals surface area contributed by atoms with E-state index in [1.165, 1.54) is 23.9 Å². The molecule has 0 fully saturated rings. The summed E-state index contributed by atoms with van der Waals surface area (Å²) in [5.74, 6) is -0.303. The monoisotopic (exact) mass is 393 g/mol. The number of carbonyl (C=O) groups excluding carboxylic acids is 1. The van der Waals surface area contributed by atoms with Gasteiger partial charge in [0, 0.05) is 22.8 Å². The number of benzene rings is 1. The van der Waals surface area contributed by atoms with Crippen LogP contribution in [0, 0.1) is 19.7 Å². The minimum atomic E-state index is -0.562. The standard InChI is InChI=1S/C17H17ClFN5OS/c1-9-12(10(2)24-16(20-9)22-17(23-24)26-3)5-7-15(25)21-14-6-4-11(18)8-13(14)19/h4,6,8H,5,7H2,1-3H3,(H,21,25). The van der Waals surface area contributed by atoms with Gasteiger partial charge < -0.3 is 5.32 Å². The number of nitrogens with zero attached hydrogens (tertiary/aromatic N) is 4. The minimum absolute atomic E-state index is 0.113. The van der Waals surface area contributed by atoms with Crippen LogP contribution in [0.1, 0.15) is 23.4 Å². The molecule has 26 heavy (non-hydrogen) atoms. The summed E-state index contributed by atoms with van der Waals surface area (Å²) in [6.07, 6.45) is 2.56. The molecule has 0 saturated carbocycles. The Balaban J connectivity index is 1.75. The van der Waals surface area contributed by atoms with Crippen LogP contribution in [0.4, 0.5) is 10.1 Å². The number of halogens is 2. The molecule has 0 bridgehead atoms. The average Bonchev–Trinajstić information content (AvgIpc) is 3.00. The topological polar surface area (TPSA) is 72.2 Å². The molecule has 0 radical (unpaired) electrons. The third-order valence-electron chi connectivity index (χ3n) is 4.02. The van der Waals surface area contributed by atoms with E-state index in [9.17, 15) is 9.18 Å². The van der Waals surface area contributed by atoms with Gasteiger partial charge >= 0.3 is 0 Å². The molecule has 6 nitrogen and oxygen atoms in total. The zero-order valence-corrected chi connectivity index (χ0v) is 16.1. The summed E-state index contributed by atoms with van der Waals surface area (Å²) in [6.45, 7) is 3.80. The number of aryl methyl sites for hydroxylation is 2. The smallest absolute Gasteiger partial charge is 0.253 e. The first-order chi connectivity index (χ1) is 12.4. The van der Waals surface area contributed by atoms with Crippen molar-refractivity contribution >= 4 is 40.7 Å². The Labute approximate surface area is 159 Å². The number of aromatic nitrogens is 4. The van der Waals surface area contributed by atoms with Crippen molar-refractivity contribution in [1.29, 1.82) is 0 Å². The van der Waals surface area contributed by atoms with Crippen molar-refractivity contribution in [2.45, 2.75) is 31.8 Å². The summed E-state index contributed by atoms with van der Waals surface area (Å²) < 4.78 is 15.5. The quantitative estimate of drug-likeness (QED) is 0.667. The second-order valence-electron chi connectivity index (χ2n) is 5.74. The van der Waals surface area contributed by atoms with E-state index in [2.05, 4.69) is 20.4 Å². The Bertz CT molecular complexity index is 991. The number of anilines is 1. The van der Waals surface area contributed by atoms with Gasteiger partial charge in [0.1, 0.15) is 5.82 Å². The first-order valence-corrected chi connectivity index (χ1v) is 9.51. The van der Waals surface area contributed by atoms with E-state index in [0.29, 0.717) is 17.4 Å². The molecule has 3 aromatic rings. The highest BCUT2D eigenvalue weighted by Crippen LogP contribution is 2.20. The van der Waals surface area contributed by atoms with Gasteiger partial charge in [0.2, 0.25) is 11.1 Å². The molecule has 1 N–H and O–H groups in total. The lowest BCUT2D eigenvalue weighted by atomic mass is 10.1. The number of hydrogen-bond donors (Lipinski definition) is 1. The van der Waals surface area contributed by atoms with Crippen LogP contribution in [-0.2, 0) is 11.2 Å². The van der Waals surface area contributed by atoms with E-state index in [4.69, 9.17) is 11.6 Å². The third-order valence-corrected chi connectivity index (χ3v) is 4.79. The molecule has 0 aliphatic carbocycles. The molecule has 0 spiro atoms. The average molecular weight is 394 g/mol. The zero-order chi connectivity index (χ0) is 18.8. The molecule has 0 unspecified atom stereocenters. The molecule has 2 heterocycles. The second-order valence-corrected chi connectivity index (χ2v) is 6.95. The van der Waals surface area contributed by atoms with Gasteiger partial charge in [0.05, 0.1) is 5.69 Å². The molecule has 9 heteroatoms. The molecule has 2 aromatic heterocycles. The van der Waals surface area contributed by atoms with Crippen LogP contribution in [0.2, 0.25) is 5.02 Å². The van der Waals surface area contributed by atoms with Crippen molar-refractivity contribution in [3.8, 4) is 0 Å². The Morgan fingerprint density at radius 2 is 2.12 bits per heavy atom. The van der Waals surface area contributed by atoms with Gasteiger partial charge in [-0.15, -0.1) is 5.10 Å². The summed E-state index contributed by atoms with van der Waals surface area (Å²) in [5.41, 5.74) is 2.75. The van der Waals surface area contributed by atoms with Gasteiger partial charge in [0.25, 0.3) is 5.78 Å². The molecule has 136 valence electrons. The maximum atomic E-state index is 13.8. The fraction of sp³-hybridized carbons (Fsp3) is 0.294. The normalized spacial score (nSPS) is 11.1. The number of fused-ring (bicyclic) bond motifs is 1. The van der Waals surface area contributed by atoms with E-state index in [1.807, 2.05) is 20.1 Å². The molecule has 0 aliphatic rings. The van der Waals surface area contributed by atoms with E-state index in [1.54, 1.807) is 4.52 Å². The van der Waals surface area contributed by atoms with Gasteiger partial charge in [-0.2, -0.15) is 4.98 Å². The maximum absolute atomic E-state index is 13.8. The number of carbonyl (C=O) groups is 1. The Kier molecular flexibility index (Phi) is 5.43. The van der Waals surface area contributed by atoms with Crippen LogP contribution in [-0.4, -0.2) is 31.7 Å². The van der Waals surface area contributed by atoms with Gasteiger partial charge in [-0.1, -0.05) is 23.4 Å². The molecular formula is C17H17ClFN5OS. The summed E-state index contributed by atoms with van der Waals surface area (Å²) in [6, 6.07) is 4.14. The molecule has 1 aromatic carbocycles. The van der Waals surface area contributed by atoms with Crippen LogP contribution >= 0.6 is 23.4 Å². The summed E-state index contributed by atoms with van der Waals surface area (Å²) in [5, 5.41) is 7.88. The van der Waals surface area contributed by atoms with Gasteiger partial charge in [-0.25, -0.2) is 13.9 Å². The fourth-order valence-electron chi connectivity index (χ4n) is 2.68. The van der Waals surface area contributed by atoms with Crippen molar-refractivity contribution in [3.63, 3.8) is 0 Å². The van der Waals surface area contributed by atoms with Crippen molar-refractivity contribution in [2.75, 3.05) is 11.6 Å². The molecule has 3 rings (SSSR count). The number of thioether (sulfide) groups is 1. The van der Waals surface area contributed by atoms with E-state index < -0.39 is 5.82 Å². The highest BCUT2D eigenvalue weighted by molar-refractivity contribution is 7.98. The highest BCUT2D eigenvalue weighted by atomic mass is 35.5. The fourth-order valence-corrected chi connectivity index (χ4v) is 3.18. The van der Waals surface area contributed by atoms with Crippen LogP contribution in [0.5, 0.6) is 0 Å².